The second kappa shape index (κ2) is 7.60. The summed E-state index contributed by atoms with van der Waals surface area (Å²) in [6.07, 6.45) is 1.98. The molecule has 1 aliphatic heterocycles. The van der Waals surface area contributed by atoms with E-state index < -0.39 is 11.9 Å². The van der Waals surface area contributed by atoms with E-state index in [0.717, 1.165) is 6.42 Å². The Labute approximate surface area is 112 Å². The lowest BCUT2D eigenvalue weighted by atomic mass is 10.0. The first-order valence-electron chi connectivity index (χ1n) is 6.56. The fraction of sp³-hybridized carbons (Fsp3) is 0.750. The molecule has 3 amide bonds. The second-order valence-electron chi connectivity index (χ2n) is 4.63. The minimum atomic E-state index is -0.907. The Morgan fingerprint density at radius 2 is 2.26 bits per heavy atom. The summed E-state index contributed by atoms with van der Waals surface area (Å²) in [4.78, 5) is 35.6. The minimum Gasteiger partial charge on any atom is -0.481 e. The highest BCUT2D eigenvalue weighted by Crippen LogP contribution is 2.05. The van der Waals surface area contributed by atoms with Gasteiger partial charge in [-0.05, 0) is 12.8 Å². The predicted octanol–water partition coefficient (Wildman–Crippen LogP) is 0.0188. The maximum Gasteiger partial charge on any atom is 0.317 e. The molecule has 0 aliphatic carbocycles. The molecule has 1 rings (SSSR count). The van der Waals surface area contributed by atoms with Crippen LogP contribution in [0.15, 0.2) is 0 Å². The van der Waals surface area contributed by atoms with Gasteiger partial charge in [-0.3, -0.25) is 9.59 Å². The molecule has 0 bridgehead atoms. The normalized spacial score (nSPS) is 17.3. The van der Waals surface area contributed by atoms with Gasteiger partial charge in [0.05, 0.1) is 5.92 Å². The van der Waals surface area contributed by atoms with E-state index in [9.17, 15) is 14.4 Å². The lowest BCUT2D eigenvalue weighted by Gasteiger charge is -2.21. The van der Waals surface area contributed by atoms with Crippen LogP contribution in [0.25, 0.3) is 0 Å². The first-order chi connectivity index (χ1) is 9.04. The minimum absolute atomic E-state index is 0.0251. The molecule has 7 nitrogen and oxygen atoms in total. The molecule has 0 spiro atoms. The van der Waals surface area contributed by atoms with Gasteiger partial charge in [0, 0.05) is 19.6 Å². The Morgan fingerprint density at radius 1 is 1.53 bits per heavy atom. The van der Waals surface area contributed by atoms with Crippen molar-refractivity contribution in [2.75, 3.05) is 26.2 Å². The summed E-state index contributed by atoms with van der Waals surface area (Å²) in [6.45, 7) is 3.08. The van der Waals surface area contributed by atoms with Crippen LogP contribution in [0, 0.1) is 5.92 Å². The van der Waals surface area contributed by atoms with Crippen LogP contribution in [0.3, 0.4) is 0 Å². The Morgan fingerprint density at radius 3 is 2.89 bits per heavy atom. The zero-order valence-electron chi connectivity index (χ0n) is 11.1. The topological polar surface area (TPSA) is 98.7 Å². The summed E-state index contributed by atoms with van der Waals surface area (Å²) in [5, 5.41) is 14.3. The van der Waals surface area contributed by atoms with Crippen molar-refractivity contribution < 1.29 is 19.5 Å². The number of nitrogens with one attached hydrogen (secondary N) is 2. The molecule has 19 heavy (non-hydrogen) atoms. The highest BCUT2D eigenvalue weighted by atomic mass is 16.4. The van der Waals surface area contributed by atoms with Gasteiger partial charge in [0.25, 0.3) is 0 Å². The molecular formula is C12H21N3O4. The van der Waals surface area contributed by atoms with Crippen molar-refractivity contribution in [3.63, 3.8) is 0 Å². The van der Waals surface area contributed by atoms with Crippen molar-refractivity contribution in [1.29, 1.82) is 0 Å². The van der Waals surface area contributed by atoms with Crippen molar-refractivity contribution >= 4 is 17.9 Å². The Hall–Kier alpha value is -1.79. The Kier molecular flexibility index (Phi) is 6.11. The number of carboxylic acid groups (broad SMARTS) is 1. The summed E-state index contributed by atoms with van der Waals surface area (Å²) in [5.74, 6) is -1.67. The van der Waals surface area contributed by atoms with E-state index in [4.69, 9.17) is 5.11 Å². The summed E-state index contributed by atoms with van der Waals surface area (Å²) in [7, 11) is 0. The third-order valence-corrected chi connectivity index (χ3v) is 3.03. The third-order valence-electron chi connectivity index (χ3n) is 3.03. The maximum absolute atomic E-state index is 11.9. The lowest BCUT2D eigenvalue weighted by molar-refractivity contribution is -0.141. The van der Waals surface area contributed by atoms with Crippen LogP contribution in [-0.4, -0.2) is 54.1 Å². The molecule has 0 saturated carbocycles. The van der Waals surface area contributed by atoms with Crippen LogP contribution in [-0.2, 0) is 9.59 Å². The SMILES string of the molecule is CCCC(CNC(=O)N1CCCNC(=O)C1)C(=O)O. The zero-order valence-corrected chi connectivity index (χ0v) is 11.1. The molecule has 1 fully saturated rings. The molecule has 0 aromatic rings. The smallest absolute Gasteiger partial charge is 0.317 e. The first-order valence-corrected chi connectivity index (χ1v) is 6.56. The van der Waals surface area contributed by atoms with Gasteiger partial charge >= 0.3 is 12.0 Å². The number of amides is 3. The van der Waals surface area contributed by atoms with Gasteiger partial charge < -0.3 is 20.6 Å². The van der Waals surface area contributed by atoms with E-state index >= 15 is 0 Å². The largest absolute Gasteiger partial charge is 0.481 e. The van der Waals surface area contributed by atoms with Crippen LogP contribution in [0.4, 0.5) is 4.79 Å². The highest BCUT2D eigenvalue weighted by Gasteiger charge is 2.22. The number of urea groups is 1. The van der Waals surface area contributed by atoms with Gasteiger partial charge in [-0.15, -0.1) is 0 Å². The molecule has 108 valence electrons. The monoisotopic (exact) mass is 271 g/mol. The van der Waals surface area contributed by atoms with Crippen LogP contribution >= 0.6 is 0 Å². The van der Waals surface area contributed by atoms with Gasteiger partial charge in [0.15, 0.2) is 0 Å². The predicted molar refractivity (Wildman–Crippen MR) is 68.6 cm³/mol. The van der Waals surface area contributed by atoms with E-state index in [1.165, 1.54) is 4.90 Å². The summed E-state index contributed by atoms with van der Waals surface area (Å²) in [5.41, 5.74) is 0. The molecule has 3 N–H and O–H groups in total. The molecule has 0 radical (unpaired) electrons. The maximum atomic E-state index is 11.9. The molecule has 1 heterocycles. The Balaban J connectivity index is 2.44. The summed E-state index contributed by atoms with van der Waals surface area (Å²) >= 11 is 0. The fourth-order valence-corrected chi connectivity index (χ4v) is 1.96. The highest BCUT2D eigenvalue weighted by molar-refractivity contribution is 5.84. The number of rotatable bonds is 5. The average molecular weight is 271 g/mol. The number of hydrogen-bond donors (Lipinski definition) is 3. The van der Waals surface area contributed by atoms with Crippen molar-refractivity contribution in [1.82, 2.24) is 15.5 Å². The van der Waals surface area contributed by atoms with Crippen molar-refractivity contribution in [2.24, 2.45) is 5.92 Å². The number of carboxylic acids is 1. The van der Waals surface area contributed by atoms with Crippen LogP contribution in [0.1, 0.15) is 26.2 Å². The van der Waals surface area contributed by atoms with Gasteiger partial charge in [-0.1, -0.05) is 13.3 Å². The van der Waals surface area contributed by atoms with Crippen molar-refractivity contribution in [3.8, 4) is 0 Å². The number of hydrogen-bond acceptors (Lipinski definition) is 3. The van der Waals surface area contributed by atoms with E-state index in [2.05, 4.69) is 10.6 Å². The molecule has 1 saturated heterocycles. The molecular weight excluding hydrogens is 250 g/mol. The van der Waals surface area contributed by atoms with Gasteiger partial charge in [0.2, 0.25) is 5.91 Å². The quantitative estimate of drug-likeness (QED) is 0.656. The fourth-order valence-electron chi connectivity index (χ4n) is 1.96. The van der Waals surface area contributed by atoms with E-state index in [1.54, 1.807) is 0 Å². The number of aliphatic carboxylic acids is 1. The zero-order chi connectivity index (χ0) is 14.3. The second-order valence-corrected chi connectivity index (χ2v) is 4.63. The first kappa shape index (κ1) is 15.3. The Bertz CT molecular complexity index is 346. The van der Waals surface area contributed by atoms with Gasteiger partial charge in [-0.2, -0.15) is 0 Å². The van der Waals surface area contributed by atoms with Crippen molar-refractivity contribution in [2.45, 2.75) is 26.2 Å². The number of nitrogens with zero attached hydrogens (tertiary/aromatic N) is 1. The standard InChI is InChI=1S/C12H21N3O4/c1-2-4-9(11(17)18)7-14-12(19)15-6-3-5-13-10(16)8-15/h9H,2-8H2,1H3,(H,13,16)(H,14,19)(H,17,18). The van der Waals surface area contributed by atoms with Crippen LogP contribution in [0.5, 0.6) is 0 Å². The molecule has 0 aromatic carbocycles. The average Bonchev–Trinajstić information content (AvgIpc) is 2.58. The lowest BCUT2D eigenvalue weighted by Crippen LogP contribution is -2.45. The summed E-state index contributed by atoms with van der Waals surface area (Å²) < 4.78 is 0. The summed E-state index contributed by atoms with van der Waals surface area (Å²) in [6, 6.07) is -0.376. The molecule has 1 atom stereocenters. The van der Waals surface area contributed by atoms with Crippen LogP contribution in [0.2, 0.25) is 0 Å². The third kappa shape index (κ3) is 5.15. The molecule has 7 heteroatoms. The van der Waals surface area contributed by atoms with Gasteiger partial charge in [0.1, 0.15) is 6.54 Å². The molecule has 1 aliphatic rings. The molecule has 0 aromatic heterocycles. The molecule has 1 unspecified atom stereocenters. The van der Waals surface area contributed by atoms with E-state index in [0.29, 0.717) is 25.9 Å². The van der Waals surface area contributed by atoms with E-state index in [1.807, 2.05) is 6.92 Å². The number of carbonyl (C=O) groups is 3. The van der Waals surface area contributed by atoms with Crippen molar-refractivity contribution in [3.05, 3.63) is 0 Å². The van der Waals surface area contributed by atoms with Crippen LogP contribution < -0.4 is 10.6 Å². The van der Waals surface area contributed by atoms with E-state index in [-0.39, 0.29) is 25.0 Å². The van der Waals surface area contributed by atoms with Gasteiger partial charge in [-0.25, -0.2) is 4.79 Å². The number of carbonyl (C=O) groups excluding carboxylic acids is 2.